The Morgan fingerprint density at radius 3 is 2.78 bits per heavy atom. The van der Waals surface area contributed by atoms with E-state index in [2.05, 4.69) is 60.5 Å². The number of likely N-dealkylation sites (N-methyl/N-ethyl adjacent to an activating group) is 1. The van der Waals surface area contributed by atoms with Crippen LogP contribution in [0.4, 0.5) is 10.8 Å². The second-order valence-electron chi connectivity index (χ2n) is 9.95. The molecule has 5 rings (SSSR count). The number of rotatable bonds is 5. The van der Waals surface area contributed by atoms with Gasteiger partial charge in [-0.15, -0.1) is 11.3 Å². The van der Waals surface area contributed by atoms with Gasteiger partial charge in [0.05, 0.1) is 12.8 Å². The molecule has 0 saturated heterocycles. The van der Waals surface area contributed by atoms with Crippen molar-refractivity contribution in [2.75, 3.05) is 25.1 Å². The summed E-state index contributed by atoms with van der Waals surface area (Å²) in [6.45, 7) is 8.70. The highest BCUT2D eigenvalue weighted by Gasteiger charge is 2.25. The number of aromatic nitrogens is 2. The summed E-state index contributed by atoms with van der Waals surface area (Å²) in [5.41, 5.74) is 7.00. The van der Waals surface area contributed by atoms with E-state index in [0.29, 0.717) is 11.8 Å². The summed E-state index contributed by atoms with van der Waals surface area (Å²) in [6, 6.07) is 4.10. The monoisotopic (exact) mass is 503 g/mol. The predicted octanol–water partition coefficient (Wildman–Crippen LogP) is 7.49. The van der Waals surface area contributed by atoms with Crippen molar-refractivity contribution < 1.29 is 4.74 Å². The Balaban J connectivity index is 1.45. The Morgan fingerprint density at radius 1 is 1.11 bits per heavy atom. The van der Waals surface area contributed by atoms with E-state index in [1.807, 2.05) is 6.07 Å². The van der Waals surface area contributed by atoms with Crippen LogP contribution in [0.1, 0.15) is 65.7 Å². The summed E-state index contributed by atoms with van der Waals surface area (Å²) in [5, 5.41) is 2.85. The van der Waals surface area contributed by atoms with E-state index in [4.69, 9.17) is 19.7 Å². The number of pyridine rings is 1. The minimum Gasteiger partial charge on any atom is -0.479 e. The van der Waals surface area contributed by atoms with E-state index >= 15 is 0 Å². The number of anilines is 1. The lowest BCUT2D eigenvalue weighted by molar-refractivity contribution is 0.399. The van der Waals surface area contributed by atoms with Gasteiger partial charge in [-0.1, -0.05) is 24.1 Å². The van der Waals surface area contributed by atoms with E-state index in [9.17, 15) is 0 Å². The van der Waals surface area contributed by atoms with Gasteiger partial charge in [-0.05, 0) is 82.4 Å². The van der Waals surface area contributed by atoms with E-state index in [-0.39, 0.29) is 0 Å². The van der Waals surface area contributed by atoms with Crippen molar-refractivity contribution in [3.05, 3.63) is 52.7 Å². The van der Waals surface area contributed by atoms with Crippen molar-refractivity contribution in [3.8, 4) is 17.3 Å². The first-order valence-corrected chi connectivity index (χ1v) is 14.1. The molecule has 7 heteroatoms. The van der Waals surface area contributed by atoms with Gasteiger partial charge in [0.15, 0.2) is 0 Å². The zero-order valence-electron chi connectivity index (χ0n) is 22.0. The number of nitrogens with zero attached hydrogens (tertiary/aromatic N) is 5. The molecule has 0 N–H and O–H groups in total. The summed E-state index contributed by atoms with van der Waals surface area (Å²) in [4.78, 5) is 19.4. The van der Waals surface area contributed by atoms with Crippen LogP contribution in [0.15, 0.2) is 57.7 Å². The molecule has 1 atom stereocenters. The van der Waals surface area contributed by atoms with Gasteiger partial charge in [0.1, 0.15) is 17.2 Å². The summed E-state index contributed by atoms with van der Waals surface area (Å²) in [5.74, 6) is 2.27. The summed E-state index contributed by atoms with van der Waals surface area (Å²) < 4.78 is 5.71. The molecule has 2 aromatic rings. The molecule has 190 valence electrons. The fraction of sp³-hybridized carbons (Fsp3) is 0.483. The van der Waals surface area contributed by atoms with Crippen LogP contribution in [-0.2, 0) is 0 Å². The third kappa shape index (κ3) is 5.12. The second-order valence-corrected chi connectivity index (χ2v) is 10.8. The Labute approximate surface area is 219 Å². The molecule has 36 heavy (non-hydrogen) atoms. The molecule has 0 amide bonds. The van der Waals surface area contributed by atoms with Crippen LogP contribution in [0.3, 0.4) is 0 Å². The van der Waals surface area contributed by atoms with Crippen LogP contribution in [0.5, 0.6) is 5.88 Å². The molecule has 6 nitrogen and oxygen atoms in total. The topological polar surface area (TPSA) is 53.9 Å². The lowest BCUT2D eigenvalue weighted by atomic mass is 9.89. The van der Waals surface area contributed by atoms with Gasteiger partial charge in [-0.25, -0.2) is 15.0 Å². The minimum absolute atomic E-state index is 0.525. The normalized spacial score (nSPS) is 21.8. The molecule has 3 aliphatic rings. The van der Waals surface area contributed by atoms with Crippen LogP contribution < -0.4 is 9.64 Å². The van der Waals surface area contributed by atoms with E-state index in [0.717, 1.165) is 54.0 Å². The maximum atomic E-state index is 5.71. The van der Waals surface area contributed by atoms with Crippen LogP contribution in [0.2, 0.25) is 0 Å². The molecule has 1 unspecified atom stereocenters. The first-order valence-electron chi connectivity index (χ1n) is 13.3. The molecule has 0 fully saturated rings. The van der Waals surface area contributed by atoms with E-state index in [1.54, 1.807) is 24.0 Å². The maximum absolute atomic E-state index is 5.71. The predicted molar refractivity (Wildman–Crippen MR) is 150 cm³/mol. The molecule has 2 aliphatic heterocycles. The molecule has 0 aromatic carbocycles. The third-order valence-electron chi connectivity index (χ3n) is 7.58. The molecule has 2 aromatic heterocycles. The van der Waals surface area contributed by atoms with Gasteiger partial charge in [-0.2, -0.15) is 0 Å². The van der Waals surface area contributed by atoms with Crippen molar-refractivity contribution in [2.24, 2.45) is 10.9 Å². The van der Waals surface area contributed by atoms with Crippen molar-refractivity contribution in [2.45, 2.75) is 65.7 Å². The summed E-state index contributed by atoms with van der Waals surface area (Å²) in [7, 11) is 1.68. The van der Waals surface area contributed by atoms with Crippen molar-refractivity contribution >= 4 is 28.0 Å². The first-order chi connectivity index (χ1) is 17.6. The van der Waals surface area contributed by atoms with Gasteiger partial charge < -0.3 is 14.5 Å². The lowest BCUT2D eigenvalue weighted by Crippen LogP contribution is -2.32. The molecule has 4 heterocycles. The molecular formula is C29H37N5OS. The Kier molecular flexibility index (Phi) is 7.56. The summed E-state index contributed by atoms with van der Waals surface area (Å²) >= 11 is 1.59. The number of hydrogen-bond acceptors (Lipinski definition) is 6. The van der Waals surface area contributed by atoms with Crippen molar-refractivity contribution in [1.29, 1.82) is 0 Å². The van der Waals surface area contributed by atoms with Gasteiger partial charge in [-0.3, -0.25) is 0 Å². The SMILES string of the molecule is CCN1CCCC2=C(CCCC2)C1=Nc1nc(-c2ccc(N3C=CCC(C)C(C)=C3)c(OC)n2)cs1. The highest BCUT2D eigenvalue weighted by molar-refractivity contribution is 7.13. The highest BCUT2D eigenvalue weighted by atomic mass is 32.1. The van der Waals surface area contributed by atoms with Crippen molar-refractivity contribution in [3.63, 3.8) is 0 Å². The Morgan fingerprint density at radius 2 is 1.94 bits per heavy atom. The average molecular weight is 504 g/mol. The fourth-order valence-corrected chi connectivity index (χ4v) is 5.97. The largest absolute Gasteiger partial charge is 0.479 e. The van der Waals surface area contributed by atoms with Gasteiger partial charge >= 0.3 is 0 Å². The van der Waals surface area contributed by atoms with E-state index in [1.165, 1.54) is 43.3 Å². The molecule has 0 saturated carbocycles. The standard InChI is InChI=1S/C29H37N5OS/c1-5-33-16-9-12-22-11-6-7-13-23(22)27(33)32-29-31-25(19-36-29)24-14-15-26(28(30-24)35-4)34-17-8-10-20(2)21(3)18-34/h8,14-15,17-20H,5-7,9-13,16H2,1-4H3. The number of allylic oxidation sites excluding steroid dienone is 3. The van der Waals surface area contributed by atoms with Gasteiger partial charge in [0.25, 0.3) is 0 Å². The average Bonchev–Trinajstić information content (AvgIpc) is 3.21. The number of aliphatic imine (C=N–C) groups is 1. The van der Waals surface area contributed by atoms with Crippen molar-refractivity contribution in [1.82, 2.24) is 14.9 Å². The smallest absolute Gasteiger partial charge is 0.238 e. The molecule has 0 bridgehead atoms. The Bertz CT molecular complexity index is 1220. The number of methoxy groups -OCH3 is 1. The minimum atomic E-state index is 0.525. The maximum Gasteiger partial charge on any atom is 0.238 e. The number of amidine groups is 1. The lowest BCUT2D eigenvalue weighted by Gasteiger charge is -2.26. The van der Waals surface area contributed by atoms with Gasteiger partial charge in [0, 0.05) is 30.9 Å². The van der Waals surface area contributed by atoms with Crippen LogP contribution in [0, 0.1) is 5.92 Å². The summed E-state index contributed by atoms with van der Waals surface area (Å²) in [6.07, 6.45) is 14.9. The number of thiazole rings is 1. The van der Waals surface area contributed by atoms with Gasteiger partial charge in [0.2, 0.25) is 11.0 Å². The van der Waals surface area contributed by atoms with Crippen LogP contribution >= 0.6 is 11.3 Å². The zero-order valence-corrected chi connectivity index (χ0v) is 22.8. The first kappa shape index (κ1) is 24.8. The fourth-order valence-electron chi connectivity index (χ4n) is 5.29. The van der Waals surface area contributed by atoms with E-state index < -0.39 is 0 Å². The quantitative estimate of drug-likeness (QED) is 0.423. The number of ether oxygens (including phenoxy) is 1. The molecule has 1 aliphatic carbocycles. The molecular weight excluding hydrogens is 466 g/mol. The zero-order chi connectivity index (χ0) is 25.1. The molecule has 0 radical (unpaired) electrons. The van der Waals surface area contributed by atoms with Crippen LogP contribution in [0.25, 0.3) is 11.4 Å². The Hall–Kier alpha value is -2.93. The van der Waals surface area contributed by atoms with Crippen LogP contribution in [-0.4, -0.2) is 40.9 Å². The third-order valence-corrected chi connectivity index (χ3v) is 8.32. The number of hydrogen-bond donors (Lipinski definition) is 0. The molecule has 0 spiro atoms. The highest BCUT2D eigenvalue weighted by Crippen LogP contribution is 2.36. The second kappa shape index (κ2) is 11.0.